The van der Waals surface area contributed by atoms with Gasteiger partial charge in [0.2, 0.25) is 5.41 Å². The van der Waals surface area contributed by atoms with Crippen molar-refractivity contribution in [3.8, 4) is 11.5 Å². The fraction of sp³-hybridized carbons (Fsp3) is 0.379. The molecule has 0 heterocycles. The van der Waals surface area contributed by atoms with Crippen LogP contribution in [0, 0.1) is 0 Å². The lowest BCUT2D eigenvalue weighted by molar-refractivity contribution is -0.288. The van der Waals surface area contributed by atoms with Crippen LogP contribution in [0.4, 0.5) is 26.3 Å². The molecule has 0 saturated heterocycles. The Hall–Kier alpha value is -3.72. The van der Waals surface area contributed by atoms with E-state index in [1.165, 1.54) is 26.4 Å². The number of alkyl halides is 6. The number of benzene rings is 2. The molecule has 0 aliphatic rings. The van der Waals surface area contributed by atoms with Gasteiger partial charge in [0.05, 0.1) is 13.2 Å². The van der Waals surface area contributed by atoms with E-state index >= 15 is 0 Å². The smallest absolute Gasteiger partial charge is 0.411 e. The van der Waals surface area contributed by atoms with Crippen molar-refractivity contribution in [2.75, 3.05) is 40.6 Å². The molecule has 2 rings (SSSR count). The number of allylic oxidation sites excluding steroid dienone is 2. The molecule has 0 fully saturated rings. The summed E-state index contributed by atoms with van der Waals surface area (Å²) in [4.78, 5) is 18.1. The lowest BCUT2D eigenvalue weighted by atomic mass is 9.73. The number of carbonyl (C=O) groups is 2. The van der Waals surface area contributed by atoms with Crippen LogP contribution in [-0.4, -0.2) is 88.0 Å². The summed E-state index contributed by atoms with van der Waals surface area (Å²) < 4.78 is 105. The standard InChI is InChI=1S/C23H26F6O6.2C3H4O/c1-32-11-17(30)13-34-19-7-3-15(4-8-19)21(22(24,25)26,23(27,28)29)16-5-9-20(10-6-16)35-14-18(31)12-33-2;2*1-2-3-4/h3-10,17-18,30-31H,11-14H2,1-2H3;2*2-3H,1H2. The van der Waals surface area contributed by atoms with Crippen LogP contribution in [0.5, 0.6) is 11.5 Å². The van der Waals surface area contributed by atoms with Crippen molar-refractivity contribution in [1.29, 1.82) is 0 Å². The summed E-state index contributed by atoms with van der Waals surface area (Å²) >= 11 is 0. The fourth-order valence-electron chi connectivity index (χ4n) is 3.45. The van der Waals surface area contributed by atoms with Gasteiger partial charge >= 0.3 is 12.4 Å². The second-order valence-electron chi connectivity index (χ2n) is 8.38. The highest BCUT2D eigenvalue weighted by atomic mass is 19.4. The van der Waals surface area contributed by atoms with Gasteiger partial charge in [-0.25, -0.2) is 0 Å². The highest BCUT2D eigenvalue weighted by Crippen LogP contribution is 2.56. The van der Waals surface area contributed by atoms with Crippen molar-refractivity contribution in [1.82, 2.24) is 0 Å². The normalized spacial score (nSPS) is 12.7. The topological polar surface area (TPSA) is 112 Å². The molecule has 2 unspecified atom stereocenters. The first-order chi connectivity index (χ1) is 20.2. The van der Waals surface area contributed by atoms with Crippen LogP contribution in [0.2, 0.25) is 0 Å². The first-order valence-electron chi connectivity index (χ1n) is 12.3. The number of ether oxygens (including phenoxy) is 4. The molecule has 14 heteroatoms. The zero-order chi connectivity index (χ0) is 33.1. The molecule has 0 amide bonds. The molecule has 2 aromatic rings. The Balaban J connectivity index is 0.00000195. The van der Waals surface area contributed by atoms with Crippen molar-refractivity contribution in [2.45, 2.75) is 30.0 Å². The lowest BCUT2D eigenvalue weighted by Crippen LogP contribution is -2.54. The van der Waals surface area contributed by atoms with Crippen molar-refractivity contribution >= 4 is 12.6 Å². The van der Waals surface area contributed by atoms with Gasteiger partial charge in [-0.3, -0.25) is 9.59 Å². The van der Waals surface area contributed by atoms with Gasteiger partial charge in [0, 0.05) is 14.2 Å². The Morgan fingerprint density at radius 2 is 0.930 bits per heavy atom. The van der Waals surface area contributed by atoms with Gasteiger partial charge in [0.1, 0.15) is 49.5 Å². The van der Waals surface area contributed by atoms with Gasteiger partial charge in [-0.2, -0.15) is 26.3 Å². The fourth-order valence-corrected chi connectivity index (χ4v) is 3.45. The van der Waals surface area contributed by atoms with Crippen molar-refractivity contribution < 1.29 is 65.1 Å². The molecule has 8 nitrogen and oxygen atoms in total. The summed E-state index contributed by atoms with van der Waals surface area (Å²) in [5.74, 6) is -0.0546. The highest BCUT2D eigenvalue weighted by molar-refractivity contribution is 5.63. The molecule has 0 radical (unpaired) electrons. The molecular formula is C29H34F6O8. The molecule has 0 aliphatic heterocycles. The Bertz CT molecular complexity index is 987. The number of hydrogen-bond acceptors (Lipinski definition) is 8. The number of aliphatic hydroxyl groups is 2. The largest absolute Gasteiger partial charge is 0.491 e. The Morgan fingerprint density at radius 1 is 0.651 bits per heavy atom. The van der Waals surface area contributed by atoms with E-state index in [9.17, 15) is 36.6 Å². The van der Waals surface area contributed by atoms with Crippen LogP contribution < -0.4 is 9.47 Å². The van der Waals surface area contributed by atoms with E-state index in [2.05, 4.69) is 13.2 Å². The molecule has 0 aliphatic carbocycles. The number of halogens is 6. The molecule has 2 aromatic carbocycles. The average Bonchev–Trinajstić information content (AvgIpc) is 2.95. The highest BCUT2D eigenvalue weighted by Gasteiger charge is 2.72. The number of carbonyl (C=O) groups excluding carboxylic acids is 2. The van der Waals surface area contributed by atoms with Crippen LogP contribution >= 0.6 is 0 Å². The van der Waals surface area contributed by atoms with Gasteiger partial charge in [0.25, 0.3) is 0 Å². The van der Waals surface area contributed by atoms with E-state index in [1.807, 2.05) is 0 Å². The van der Waals surface area contributed by atoms with Gasteiger partial charge in [-0.05, 0) is 47.5 Å². The summed E-state index contributed by atoms with van der Waals surface area (Å²) in [6.07, 6.45) is -9.89. The molecule has 0 aromatic heterocycles. The second kappa shape index (κ2) is 19.5. The van der Waals surface area contributed by atoms with Crippen LogP contribution in [-0.2, 0) is 24.5 Å². The molecule has 240 valence electrons. The predicted molar refractivity (Wildman–Crippen MR) is 145 cm³/mol. The SMILES string of the molecule is C=CC=O.C=CC=O.COCC(O)COc1ccc(C(c2ccc(OCC(O)COC)cc2)(C(F)(F)F)C(F)(F)F)cc1. The molecule has 2 N–H and O–H groups in total. The van der Waals surface area contributed by atoms with Crippen LogP contribution in [0.15, 0.2) is 73.8 Å². The van der Waals surface area contributed by atoms with E-state index in [1.54, 1.807) is 0 Å². The molecular weight excluding hydrogens is 590 g/mol. The van der Waals surface area contributed by atoms with Crippen LogP contribution in [0.1, 0.15) is 11.1 Å². The zero-order valence-corrected chi connectivity index (χ0v) is 23.4. The third-order valence-electron chi connectivity index (χ3n) is 5.22. The number of methoxy groups -OCH3 is 2. The average molecular weight is 625 g/mol. The summed E-state index contributed by atoms with van der Waals surface area (Å²) in [6, 6.07) is 6.61. The number of aliphatic hydroxyl groups excluding tert-OH is 2. The van der Waals surface area contributed by atoms with Gasteiger partial charge in [0.15, 0.2) is 0 Å². The van der Waals surface area contributed by atoms with E-state index in [0.717, 1.165) is 24.3 Å². The Labute approximate surface area is 245 Å². The van der Waals surface area contributed by atoms with Crippen molar-refractivity contribution in [3.05, 3.63) is 85.0 Å². The van der Waals surface area contributed by atoms with Gasteiger partial charge < -0.3 is 29.2 Å². The summed E-state index contributed by atoms with van der Waals surface area (Å²) in [5, 5.41) is 19.2. The Kier molecular flexibility index (Phi) is 17.8. The molecule has 43 heavy (non-hydrogen) atoms. The first kappa shape index (κ1) is 39.3. The maximum Gasteiger partial charge on any atom is 0.411 e. The maximum atomic E-state index is 14.2. The predicted octanol–water partition coefficient (Wildman–Crippen LogP) is 4.61. The Morgan fingerprint density at radius 3 is 1.14 bits per heavy atom. The number of hydrogen-bond donors (Lipinski definition) is 2. The minimum atomic E-state index is -5.75. The van der Waals surface area contributed by atoms with Gasteiger partial charge in [-0.1, -0.05) is 37.4 Å². The minimum Gasteiger partial charge on any atom is -0.491 e. The molecule has 0 bridgehead atoms. The van der Waals surface area contributed by atoms with Crippen LogP contribution in [0.3, 0.4) is 0 Å². The quantitative estimate of drug-likeness (QED) is 0.178. The van der Waals surface area contributed by atoms with Crippen molar-refractivity contribution in [2.24, 2.45) is 0 Å². The molecule has 0 saturated carbocycles. The maximum absolute atomic E-state index is 14.2. The lowest BCUT2D eigenvalue weighted by Gasteiger charge is -2.38. The van der Waals surface area contributed by atoms with E-state index < -0.39 is 41.1 Å². The van der Waals surface area contributed by atoms with E-state index in [-0.39, 0.29) is 37.9 Å². The summed E-state index contributed by atoms with van der Waals surface area (Å²) in [7, 11) is 2.69. The molecule has 2 atom stereocenters. The summed E-state index contributed by atoms with van der Waals surface area (Å²) in [5.41, 5.74) is -6.46. The number of aldehydes is 2. The van der Waals surface area contributed by atoms with E-state index in [4.69, 9.17) is 28.5 Å². The third-order valence-corrected chi connectivity index (χ3v) is 5.22. The van der Waals surface area contributed by atoms with Gasteiger partial charge in [-0.15, -0.1) is 0 Å². The molecule has 0 spiro atoms. The van der Waals surface area contributed by atoms with Crippen LogP contribution in [0.25, 0.3) is 0 Å². The number of rotatable bonds is 14. The second-order valence-corrected chi connectivity index (χ2v) is 8.38. The minimum absolute atomic E-state index is 0.0273. The monoisotopic (exact) mass is 624 g/mol. The third kappa shape index (κ3) is 12.2. The zero-order valence-electron chi connectivity index (χ0n) is 23.4. The van der Waals surface area contributed by atoms with Crippen molar-refractivity contribution in [3.63, 3.8) is 0 Å². The van der Waals surface area contributed by atoms with E-state index in [0.29, 0.717) is 36.8 Å². The first-order valence-corrected chi connectivity index (χ1v) is 12.3. The summed E-state index contributed by atoms with van der Waals surface area (Å²) in [6.45, 7) is 5.57.